The minimum Gasteiger partial charge on any atom is -0.356 e. The van der Waals surface area contributed by atoms with Gasteiger partial charge in [0.2, 0.25) is 0 Å². The molecule has 0 aromatic carbocycles. The molecule has 128 valence electrons. The Kier molecular flexibility index (Phi) is 7.83. The monoisotopic (exact) mass is 318 g/mol. The smallest absolute Gasteiger partial charge is 0.191 e. The first-order valence-electron chi connectivity index (χ1n) is 8.53. The SMILES string of the molecule is CN=C(NCCCN1CCCN(C)CC1)NCc1ccccn1. The van der Waals surface area contributed by atoms with Gasteiger partial charge in [-0.15, -0.1) is 0 Å². The predicted molar refractivity (Wildman–Crippen MR) is 95.6 cm³/mol. The summed E-state index contributed by atoms with van der Waals surface area (Å²) in [5, 5.41) is 6.67. The number of pyridine rings is 1. The Morgan fingerprint density at radius 1 is 1.22 bits per heavy atom. The lowest BCUT2D eigenvalue weighted by molar-refractivity contribution is 0.274. The molecule has 1 aromatic heterocycles. The molecule has 2 rings (SSSR count). The molecule has 2 N–H and O–H groups in total. The molecule has 0 bridgehead atoms. The van der Waals surface area contributed by atoms with Gasteiger partial charge in [0.15, 0.2) is 5.96 Å². The molecular formula is C17H30N6. The fourth-order valence-corrected chi connectivity index (χ4v) is 2.73. The Morgan fingerprint density at radius 2 is 2.13 bits per heavy atom. The van der Waals surface area contributed by atoms with E-state index in [0.29, 0.717) is 6.54 Å². The molecule has 0 radical (unpaired) electrons. The van der Waals surface area contributed by atoms with Crippen molar-refractivity contribution < 1.29 is 0 Å². The largest absolute Gasteiger partial charge is 0.356 e. The molecule has 1 aromatic rings. The van der Waals surface area contributed by atoms with Gasteiger partial charge in [-0.1, -0.05) is 6.07 Å². The third kappa shape index (κ3) is 6.97. The second-order valence-electron chi connectivity index (χ2n) is 6.03. The molecule has 6 nitrogen and oxygen atoms in total. The molecule has 6 heteroatoms. The molecule has 1 aliphatic rings. The van der Waals surface area contributed by atoms with E-state index in [1.807, 2.05) is 24.4 Å². The predicted octanol–water partition coefficient (Wildman–Crippen LogP) is 0.774. The molecule has 0 unspecified atom stereocenters. The van der Waals surface area contributed by atoms with Crippen LogP contribution in [0, 0.1) is 0 Å². The third-order valence-corrected chi connectivity index (χ3v) is 4.14. The molecule has 2 heterocycles. The number of likely N-dealkylation sites (N-methyl/N-ethyl adjacent to an activating group) is 1. The van der Waals surface area contributed by atoms with Gasteiger partial charge in [-0.2, -0.15) is 0 Å². The molecular weight excluding hydrogens is 288 g/mol. The molecule has 0 saturated carbocycles. The van der Waals surface area contributed by atoms with E-state index < -0.39 is 0 Å². The van der Waals surface area contributed by atoms with Gasteiger partial charge in [0.25, 0.3) is 0 Å². The lowest BCUT2D eigenvalue weighted by Gasteiger charge is -2.20. The van der Waals surface area contributed by atoms with E-state index in [2.05, 4.69) is 37.5 Å². The average molecular weight is 318 g/mol. The third-order valence-electron chi connectivity index (χ3n) is 4.14. The van der Waals surface area contributed by atoms with Crippen LogP contribution in [0.25, 0.3) is 0 Å². The van der Waals surface area contributed by atoms with Crippen LogP contribution in [0.1, 0.15) is 18.5 Å². The van der Waals surface area contributed by atoms with Crippen molar-refractivity contribution in [2.24, 2.45) is 4.99 Å². The quantitative estimate of drug-likeness (QED) is 0.461. The summed E-state index contributed by atoms with van der Waals surface area (Å²) in [6.45, 7) is 7.59. The zero-order chi connectivity index (χ0) is 16.3. The number of aliphatic imine (C=N–C) groups is 1. The van der Waals surface area contributed by atoms with Crippen LogP contribution in [0.2, 0.25) is 0 Å². The number of rotatable bonds is 6. The molecule has 0 spiro atoms. The fourth-order valence-electron chi connectivity index (χ4n) is 2.73. The van der Waals surface area contributed by atoms with Crippen molar-refractivity contribution in [2.75, 3.05) is 53.4 Å². The van der Waals surface area contributed by atoms with Crippen molar-refractivity contribution in [2.45, 2.75) is 19.4 Å². The average Bonchev–Trinajstić information content (AvgIpc) is 2.79. The van der Waals surface area contributed by atoms with Crippen LogP contribution < -0.4 is 10.6 Å². The van der Waals surface area contributed by atoms with Crippen LogP contribution >= 0.6 is 0 Å². The zero-order valence-electron chi connectivity index (χ0n) is 14.5. The summed E-state index contributed by atoms with van der Waals surface area (Å²) < 4.78 is 0. The summed E-state index contributed by atoms with van der Waals surface area (Å²) in [5.74, 6) is 0.839. The highest BCUT2D eigenvalue weighted by Gasteiger charge is 2.11. The van der Waals surface area contributed by atoms with Gasteiger partial charge in [0.1, 0.15) is 0 Å². The number of aromatic nitrogens is 1. The lowest BCUT2D eigenvalue weighted by Crippen LogP contribution is -2.38. The molecule has 0 amide bonds. The van der Waals surface area contributed by atoms with Crippen molar-refractivity contribution in [3.63, 3.8) is 0 Å². The van der Waals surface area contributed by atoms with E-state index in [1.54, 1.807) is 7.05 Å². The Bertz CT molecular complexity index is 461. The molecule has 0 atom stereocenters. The van der Waals surface area contributed by atoms with Crippen LogP contribution in [0.4, 0.5) is 0 Å². The minimum absolute atomic E-state index is 0.693. The minimum atomic E-state index is 0.693. The van der Waals surface area contributed by atoms with E-state index in [0.717, 1.165) is 31.2 Å². The van der Waals surface area contributed by atoms with Crippen LogP contribution in [-0.2, 0) is 6.54 Å². The van der Waals surface area contributed by atoms with E-state index in [4.69, 9.17) is 0 Å². The van der Waals surface area contributed by atoms with Crippen molar-refractivity contribution in [3.05, 3.63) is 30.1 Å². The molecule has 0 aliphatic carbocycles. The van der Waals surface area contributed by atoms with Gasteiger partial charge < -0.3 is 20.4 Å². The van der Waals surface area contributed by atoms with Gasteiger partial charge in [-0.3, -0.25) is 9.98 Å². The van der Waals surface area contributed by atoms with Crippen molar-refractivity contribution >= 4 is 5.96 Å². The van der Waals surface area contributed by atoms with Crippen LogP contribution in [0.3, 0.4) is 0 Å². The maximum atomic E-state index is 4.30. The maximum Gasteiger partial charge on any atom is 0.191 e. The number of nitrogens with zero attached hydrogens (tertiary/aromatic N) is 4. The number of nitrogens with one attached hydrogen (secondary N) is 2. The normalized spacial score (nSPS) is 17.7. The Labute approximate surface area is 140 Å². The van der Waals surface area contributed by atoms with Crippen LogP contribution in [0.15, 0.2) is 29.4 Å². The van der Waals surface area contributed by atoms with Gasteiger partial charge in [0, 0.05) is 32.9 Å². The topological polar surface area (TPSA) is 55.8 Å². The van der Waals surface area contributed by atoms with Gasteiger partial charge in [-0.25, -0.2) is 0 Å². The number of hydrogen-bond acceptors (Lipinski definition) is 4. The highest BCUT2D eigenvalue weighted by molar-refractivity contribution is 5.79. The van der Waals surface area contributed by atoms with Gasteiger partial charge in [0.05, 0.1) is 12.2 Å². The fraction of sp³-hybridized carbons (Fsp3) is 0.647. The van der Waals surface area contributed by atoms with Crippen molar-refractivity contribution in [1.82, 2.24) is 25.4 Å². The molecule has 1 aliphatic heterocycles. The second kappa shape index (κ2) is 10.2. The summed E-state index contributed by atoms with van der Waals surface area (Å²) in [7, 11) is 4.01. The summed E-state index contributed by atoms with van der Waals surface area (Å²) in [6, 6.07) is 5.94. The summed E-state index contributed by atoms with van der Waals surface area (Å²) >= 11 is 0. The van der Waals surface area contributed by atoms with E-state index in [1.165, 1.54) is 32.6 Å². The van der Waals surface area contributed by atoms with Crippen molar-refractivity contribution in [3.8, 4) is 0 Å². The maximum absolute atomic E-state index is 4.30. The van der Waals surface area contributed by atoms with Crippen LogP contribution in [-0.4, -0.2) is 74.1 Å². The van der Waals surface area contributed by atoms with Crippen LogP contribution in [0.5, 0.6) is 0 Å². The number of hydrogen-bond donors (Lipinski definition) is 2. The molecule has 1 fully saturated rings. The number of guanidine groups is 1. The highest BCUT2D eigenvalue weighted by atomic mass is 15.2. The zero-order valence-corrected chi connectivity index (χ0v) is 14.5. The summed E-state index contributed by atoms with van der Waals surface area (Å²) in [5.41, 5.74) is 1.02. The Balaban J connectivity index is 1.60. The van der Waals surface area contributed by atoms with Gasteiger partial charge >= 0.3 is 0 Å². The lowest BCUT2D eigenvalue weighted by atomic mass is 10.3. The highest BCUT2D eigenvalue weighted by Crippen LogP contribution is 2.01. The van der Waals surface area contributed by atoms with Gasteiger partial charge in [-0.05, 0) is 51.7 Å². The Morgan fingerprint density at radius 3 is 2.91 bits per heavy atom. The van der Waals surface area contributed by atoms with E-state index in [-0.39, 0.29) is 0 Å². The van der Waals surface area contributed by atoms with E-state index in [9.17, 15) is 0 Å². The van der Waals surface area contributed by atoms with Crippen molar-refractivity contribution in [1.29, 1.82) is 0 Å². The summed E-state index contributed by atoms with van der Waals surface area (Å²) in [6.07, 6.45) is 4.22. The molecule has 23 heavy (non-hydrogen) atoms. The molecule has 1 saturated heterocycles. The first kappa shape index (κ1) is 17.7. The first-order chi connectivity index (χ1) is 11.3. The summed E-state index contributed by atoms with van der Waals surface area (Å²) in [4.78, 5) is 13.5. The first-order valence-corrected chi connectivity index (χ1v) is 8.53. The standard InChI is InChI=1S/C17H30N6/c1-18-17(21-15-16-7-3-4-8-19-16)20-9-5-11-23-12-6-10-22(2)13-14-23/h3-4,7-8H,5-6,9-15H2,1-2H3,(H2,18,20,21). The Hall–Kier alpha value is -1.66. The van der Waals surface area contributed by atoms with E-state index >= 15 is 0 Å². The second-order valence-corrected chi connectivity index (χ2v) is 6.03.